The molecule has 1 atom stereocenters. The fraction of sp³-hybridized carbons (Fsp3) is 0.111. The van der Waals surface area contributed by atoms with Gasteiger partial charge in [0.25, 0.3) is 0 Å². The predicted octanol–water partition coefficient (Wildman–Crippen LogP) is 11.7. The summed E-state index contributed by atoms with van der Waals surface area (Å²) in [5.41, 5.74) is 13.6. The van der Waals surface area contributed by atoms with E-state index in [-0.39, 0.29) is 0 Å². The maximum atomic E-state index is 5.08. The van der Waals surface area contributed by atoms with E-state index in [2.05, 4.69) is 153 Å². The van der Waals surface area contributed by atoms with E-state index in [1.165, 1.54) is 27.5 Å². The molecule has 0 amide bonds. The van der Waals surface area contributed by atoms with Gasteiger partial charge in [-0.25, -0.2) is 19.9 Å². The molecule has 1 aliphatic carbocycles. The van der Waals surface area contributed by atoms with Crippen molar-refractivity contribution in [3.8, 4) is 33.9 Å². The Morgan fingerprint density at radius 1 is 0.800 bits per heavy atom. The Hall–Kier alpha value is -6.20. The highest BCUT2D eigenvalue weighted by atomic mass is 15.2. The van der Waals surface area contributed by atoms with Crippen molar-refractivity contribution in [3.05, 3.63) is 163 Å². The van der Waals surface area contributed by atoms with Crippen LogP contribution in [0.15, 0.2) is 152 Å². The highest BCUT2D eigenvalue weighted by Gasteiger charge is 2.28. The first-order chi connectivity index (χ1) is 24.5. The lowest BCUT2D eigenvalue weighted by Crippen LogP contribution is -2.16. The summed E-state index contributed by atoms with van der Waals surface area (Å²) in [6.45, 7) is 8.52. The van der Waals surface area contributed by atoms with Gasteiger partial charge in [0.1, 0.15) is 6.33 Å². The van der Waals surface area contributed by atoms with Crippen LogP contribution in [0.1, 0.15) is 39.0 Å². The Balaban J connectivity index is 1.24. The Bertz CT molecular complexity index is 2410. The van der Waals surface area contributed by atoms with Crippen molar-refractivity contribution in [1.82, 2.24) is 19.9 Å². The van der Waals surface area contributed by atoms with E-state index in [1.807, 2.05) is 24.4 Å². The third-order valence-electron chi connectivity index (χ3n) is 9.66. The summed E-state index contributed by atoms with van der Waals surface area (Å²) in [6, 6.07) is 32.0. The SMILES string of the molecule is C/C=C\C(=C/C)c1cc2c3c(cccc3c1)N(c1ccc(-c3cc(C4=CC=C(C)C(C)C=C4)nc(-c4ccccc4)n3)cc1)c1cncnc1-2. The van der Waals surface area contributed by atoms with Gasteiger partial charge in [-0.3, -0.25) is 0 Å². The molecule has 2 aliphatic rings. The summed E-state index contributed by atoms with van der Waals surface area (Å²) in [7, 11) is 0. The molecule has 0 spiro atoms. The minimum Gasteiger partial charge on any atom is -0.306 e. The number of fused-ring (bicyclic) bond motifs is 2. The van der Waals surface area contributed by atoms with E-state index in [4.69, 9.17) is 15.0 Å². The van der Waals surface area contributed by atoms with E-state index in [0.29, 0.717) is 11.7 Å². The highest BCUT2D eigenvalue weighted by Crippen LogP contribution is 2.50. The normalized spacial score (nSPS) is 15.6. The molecule has 5 nitrogen and oxygen atoms in total. The van der Waals surface area contributed by atoms with Gasteiger partial charge in [-0.1, -0.05) is 110 Å². The second-order valence-electron chi connectivity index (χ2n) is 12.8. The van der Waals surface area contributed by atoms with Crippen LogP contribution in [0, 0.1) is 5.92 Å². The number of allylic oxidation sites excluding steroid dienone is 10. The van der Waals surface area contributed by atoms with Crippen molar-refractivity contribution in [2.45, 2.75) is 27.7 Å². The number of hydrogen-bond donors (Lipinski definition) is 0. The molecule has 0 bridgehead atoms. The zero-order valence-electron chi connectivity index (χ0n) is 28.7. The molecule has 1 unspecified atom stereocenters. The molecule has 5 heteroatoms. The van der Waals surface area contributed by atoms with Gasteiger partial charge in [0.2, 0.25) is 0 Å². The summed E-state index contributed by atoms with van der Waals surface area (Å²) >= 11 is 0. The zero-order valence-corrected chi connectivity index (χ0v) is 28.7. The third kappa shape index (κ3) is 5.57. The van der Waals surface area contributed by atoms with Crippen molar-refractivity contribution < 1.29 is 0 Å². The van der Waals surface area contributed by atoms with E-state index in [9.17, 15) is 0 Å². The lowest BCUT2D eigenvalue weighted by molar-refractivity contribution is 0.865. The van der Waals surface area contributed by atoms with Crippen molar-refractivity contribution >= 4 is 39.0 Å². The van der Waals surface area contributed by atoms with Gasteiger partial charge in [-0.05, 0) is 85.2 Å². The van der Waals surface area contributed by atoms with Gasteiger partial charge in [-0.15, -0.1) is 0 Å². The van der Waals surface area contributed by atoms with E-state index in [1.54, 1.807) is 6.33 Å². The number of hydrogen-bond acceptors (Lipinski definition) is 5. The molecule has 50 heavy (non-hydrogen) atoms. The first kappa shape index (κ1) is 31.1. The van der Waals surface area contributed by atoms with Crippen molar-refractivity contribution in [2.75, 3.05) is 4.90 Å². The second kappa shape index (κ2) is 13.0. The molecule has 3 heterocycles. The first-order valence-electron chi connectivity index (χ1n) is 17.1. The van der Waals surface area contributed by atoms with Crippen LogP contribution in [0.5, 0.6) is 0 Å². The maximum Gasteiger partial charge on any atom is 0.160 e. The fourth-order valence-corrected chi connectivity index (χ4v) is 6.83. The molecule has 1 aliphatic heterocycles. The quantitative estimate of drug-likeness (QED) is 0.168. The Kier molecular flexibility index (Phi) is 8.09. The maximum absolute atomic E-state index is 5.08. The molecule has 0 N–H and O–H groups in total. The molecule has 0 radical (unpaired) electrons. The summed E-state index contributed by atoms with van der Waals surface area (Å²) in [6.07, 6.45) is 18.7. The van der Waals surface area contributed by atoms with Crippen molar-refractivity contribution in [1.29, 1.82) is 0 Å². The number of benzene rings is 4. The number of aromatic nitrogens is 4. The van der Waals surface area contributed by atoms with Gasteiger partial charge in [0.05, 0.1) is 34.7 Å². The molecule has 0 saturated heterocycles. The summed E-state index contributed by atoms with van der Waals surface area (Å²) in [4.78, 5) is 21.7. The Labute approximate surface area is 293 Å². The van der Waals surface area contributed by atoms with E-state index >= 15 is 0 Å². The topological polar surface area (TPSA) is 54.8 Å². The number of nitrogens with zero attached hydrogens (tertiary/aromatic N) is 5. The van der Waals surface area contributed by atoms with Crippen LogP contribution < -0.4 is 4.90 Å². The monoisotopic (exact) mass is 647 g/mol. The Morgan fingerprint density at radius 2 is 1.62 bits per heavy atom. The first-order valence-corrected chi connectivity index (χ1v) is 17.1. The molecule has 0 saturated carbocycles. The summed E-state index contributed by atoms with van der Waals surface area (Å²) < 4.78 is 0. The largest absolute Gasteiger partial charge is 0.306 e. The van der Waals surface area contributed by atoms with Gasteiger partial charge < -0.3 is 4.90 Å². The summed E-state index contributed by atoms with van der Waals surface area (Å²) in [5, 5.41) is 2.35. The molecule has 2 aromatic heterocycles. The van der Waals surface area contributed by atoms with E-state index < -0.39 is 0 Å². The van der Waals surface area contributed by atoms with Crippen LogP contribution in [-0.2, 0) is 0 Å². The third-order valence-corrected chi connectivity index (χ3v) is 9.66. The molecule has 242 valence electrons. The lowest BCUT2D eigenvalue weighted by atomic mass is 9.90. The minimum absolute atomic E-state index is 0.375. The average Bonchev–Trinajstić information content (AvgIpc) is 3.34. The van der Waals surface area contributed by atoms with E-state index in [0.717, 1.165) is 56.4 Å². The fourth-order valence-electron chi connectivity index (χ4n) is 6.83. The molecule has 8 rings (SSSR count). The average molecular weight is 648 g/mol. The van der Waals surface area contributed by atoms with Gasteiger partial charge >= 0.3 is 0 Å². The number of anilines is 3. The van der Waals surface area contributed by atoms with Crippen LogP contribution in [0.2, 0.25) is 0 Å². The number of rotatable bonds is 6. The minimum atomic E-state index is 0.375. The molecule has 4 aromatic carbocycles. The smallest absolute Gasteiger partial charge is 0.160 e. The standard InChI is InChI=1S/C45H37N5/c1-5-11-31(6-2)36-24-35-14-10-15-41-43(35)38(25-36)44-42(27-46-28-47-44)50(41)37-22-20-33(21-23-37)40-26-39(32-18-16-29(3)30(4)17-19-32)48-45(49-40)34-12-8-7-9-13-34/h5-29H,1-4H3/b11-5-,31-6+. The molecule has 0 fully saturated rings. The van der Waals surface area contributed by atoms with Crippen LogP contribution in [0.25, 0.3) is 55.8 Å². The van der Waals surface area contributed by atoms with Gasteiger partial charge in [-0.2, -0.15) is 0 Å². The molecular formula is C45H37N5. The van der Waals surface area contributed by atoms with Crippen LogP contribution in [-0.4, -0.2) is 19.9 Å². The predicted molar refractivity (Wildman–Crippen MR) is 208 cm³/mol. The van der Waals surface area contributed by atoms with Gasteiger partial charge in [0.15, 0.2) is 5.82 Å². The zero-order chi connectivity index (χ0) is 34.2. The van der Waals surface area contributed by atoms with Crippen LogP contribution in [0.3, 0.4) is 0 Å². The second-order valence-corrected chi connectivity index (χ2v) is 12.8. The van der Waals surface area contributed by atoms with Crippen LogP contribution in [0.4, 0.5) is 17.1 Å². The lowest BCUT2D eigenvalue weighted by Gasteiger charge is -2.32. The molecule has 6 aromatic rings. The highest BCUT2D eigenvalue weighted by molar-refractivity contribution is 6.14. The van der Waals surface area contributed by atoms with Gasteiger partial charge in [0, 0.05) is 27.8 Å². The summed E-state index contributed by atoms with van der Waals surface area (Å²) in [5.74, 6) is 1.08. The van der Waals surface area contributed by atoms with Crippen molar-refractivity contribution in [2.24, 2.45) is 5.92 Å². The Morgan fingerprint density at radius 3 is 2.42 bits per heavy atom. The van der Waals surface area contributed by atoms with Crippen molar-refractivity contribution in [3.63, 3.8) is 0 Å². The van der Waals surface area contributed by atoms with Crippen LogP contribution >= 0.6 is 0 Å². The molecular weight excluding hydrogens is 611 g/mol.